The third-order valence-corrected chi connectivity index (χ3v) is 3.44. The van der Waals surface area contributed by atoms with Gasteiger partial charge in [0.05, 0.1) is 6.42 Å². The first-order valence-corrected chi connectivity index (χ1v) is 6.24. The standard InChI is InChI=1S/C15H18N2.2BrH.H2O/c1-12-4-8-16-6-3-7-17-9-5-13(2)11-15(17)14(16)10-12;;;/h4-5,8-11H,3,6-7H2,1-2H3;2*1H;1H2/q+2;;;/p-2. The quantitative estimate of drug-likeness (QED) is 0.396. The van der Waals surface area contributed by atoms with E-state index in [0.717, 1.165) is 13.1 Å². The summed E-state index contributed by atoms with van der Waals surface area (Å²) in [6, 6.07) is 8.96. The summed E-state index contributed by atoms with van der Waals surface area (Å²) in [4.78, 5) is 0. The summed E-state index contributed by atoms with van der Waals surface area (Å²) in [7, 11) is 0. The second-order valence-corrected chi connectivity index (χ2v) is 4.92. The summed E-state index contributed by atoms with van der Waals surface area (Å²) in [5, 5.41) is 0. The van der Waals surface area contributed by atoms with E-state index < -0.39 is 0 Å². The van der Waals surface area contributed by atoms with Crippen LogP contribution in [0.15, 0.2) is 36.7 Å². The summed E-state index contributed by atoms with van der Waals surface area (Å²) in [6.45, 7) is 6.53. The molecule has 2 aromatic heterocycles. The van der Waals surface area contributed by atoms with Gasteiger partial charge in [0.1, 0.15) is 0 Å². The molecule has 0 aromatic carbocycles. The van der Waals surface area contributed by atoms with Gasteiger partial charge in [-0.3, -0.25) is 0 Å². The van der Waals surface area contributed by atoms with Crippen molar-refractivity contribution in [3.63, 3.8) is 0 Å². The van der Waals surface area contributed by atoms with Crippen LogP contribution in [0.1, 0.15) is 17.5 Å². The third kappa shape index (κ3) is 3.65. The predicted octanol–water partition coefficient (Wildman–Crippen LogP) is -4.87. The number of halogens is 2. The molecule has 0 saturated carbocycles. The van der Waals surface area contributed by atoms with E-state index in [9.17, 15) is 0 Å². The Kier molecular flexibility index (Phi) is 7.55. The van der Waals surface area contributed by atoms with Gasteiger partial charge in [-0.05, 0) is 25.0 Å². The van der Waals surface area contributed by atoms with E-state index in [0.29, 0.717) is 0 Å². The van der Waals surface area contributed by atoms with Gasteiger partial charge < -0.3 is 39.4 Å². The van der Waals surface area contributed by atoms with Gasteiger partial charge in [0.15, 0.2) is 25.5 Å². The summed E-state index contributed by atoms with van der Waals surface area (Å²) in [5.74, 6) is 0. The van der Waals surface area contributed by atoms with Gasteiger partial charge in [-0.2, -0.15) is 9.13 Å². The van der Waals surface area contributed by atoms with Crippen molar-refractivity contribution >= 4 is 0 Å². The molecular weight excluding hydrogens is 384 g/mol. The van der Waals surface area contributed by atoms with E-state index in [1.54, 1.807) is 0 Å². The zero-order valence-electron chi connectivity index (χ0n) is 11.7. The van der Waals surface area contributed by atoms with E-state index in [1.807, 2.05) is 0 Å². The fourth-order valence-electron chi connectivity index (χ4n) is 2.51. The molecule has 1 aliphatic rings. The topological polar surface area (TPSA) is 39.3 Å². The van der Waals surface area contributed by atoms with Crippen LogP contribution in [0.4, 0.5) is 0 Å². The van der Waals surface area contributed by atoms with Crippen LogP contribution in [0.25, 0.3) is 11.4 Å². The summed E-state index contributed by atoms with van der Waals surface area (Å²) in [6.07, 6.45) is 5.62. The molecule has 2 N–H and O–H groups in total. The Balaban J connectivity index is 0.00000120. The molecule has 2 aromatic rings. The number of aromatic nitrogens is 2. The molecule has 3 rings (SSSR count). The molecule has 0 unspecified atom stereocenters. The maximum absolute atomic E-state index is 2.37. The van der Waals surface area contributed by atoms with Crippen molar-refractivity contribution in [1.29, 1.82) is 0 Å². The van der Waals surface area contributed by atoms with Crippen LogP contribution in [0.5, 0.6) is 0 Å². The van der Waals surface area contributed by atoms with Crippen molar-refractivity contribution in [3.8, 4) is 11.4 Å². The van der Waals surface area contributed by atoms with Gasteiger partial charge >= 0.3 is 0 Å². The van der Waals surface area contributed by atoms with Gasteiger partial charge in [-0.1, -0.05) is 0 Å². The molecule has 0 radical (unpaired) electrons. The highest BCUT2D eigenvalue weighted by Crippen LogP contribution is 2.16. The molecule has 0 spiro atoms. The first-order valence-electron chi connectivity index (χ1n) is 6.24. The SMILES string of the molecule is Cc1cc[n+]2c(c1)-c1cc(C)cc[n+]1CCC2.O.[Br-].[Br-]. The minimum atomic E-state index is 0. The molecule has 0 bridgehead atoms. The molecule has 3 nitrogen and oxygen atoms in total. The molecule has 5 heteroatoms. The molecule has 0 atom stereocenters. The summed E-state index contributed by atoms with van der Waals surface area (Å²) < 4.78 is 4.73. The van der Waals surface area contributed by atoms with Crippen molar-refractivity contribution in [3.05, 3.63) is 47.8 Å². The lowest BCUT2D eigenvalue weighted by atomic mass is 10.1. The Morgan fingerprint density at radius 1 is 0.800 bits per heavy atom. The highest BCUT2D eigenvalue weighted by Gasteiger charge is 2.26. The molecular formula is C15H20Br2N2O. The fraction of sp³-hybridized carbons (Fsp3) is 0.333. The molecule has 0 saturated heterocycles. The monoisotopic (exact) mass is 402 g/mol. The van der Waals surface area contributed by atoms with Crippen molar-refractivity contribution in [2.45, 2.75) is 33.4 Å². The molecule has 0 amide bonds. The molecule has 110 valence electrons. The van der Waals surface area contributed by atoms with E-state index in [4.69, 9.17) is 0 Å². The summed E-state index contributed by atoms with van der Waals surface area (Å²) in [5.41, 5.74) is 5.33. The van der Waals surface area contributed by atoms with E-state index in [2.05, 4.69) is 59.6 Å². The van der Waals surface area contributed by atoms with Crippen LogP contribution < -0.4 is 43.1 Å². The van der Waals surface area contributed by atoms with Crippen LogP contribution in [-0.2, 0) is 13.1 Å². The molecule has 20 heavy (non-hydrogen) atoms. The Morgan fingerprint density at radius 3 is 1.60 bits per heavy atom. The number of nitrogens with zero attached hydrogens (tertiary/aromatic N) is 2. The lowest BCUT2D eigenvalue weighted by molar-refractivity contribution is -0.688. The molecule has 0 fully saturated rings. The van der Waals surface area contributed by atoms with Gasteiger partial charge in [0.25, 0.3) is 11.4 Å². The first-order chi connectivity index (χ1) is 8.24. The first kappa shape index (κ1) is 19.2. The lowest BCUT2D eigenvalue weighted by Crippen LogP contribution is -3.00. The Hall–Kier alpha value is -0.780. The van der Waals surface area contributed by atoms with Crippen LogP contribution in [-0.4, -0.2) is 5.48 Å². The van der Waals surface area contributed by atoms with E-state index in [1.165, 1.54) is 28.9 Å². The maximum Gasteiger partial charge on any atom is 0.277 e. The zero-order valence-corrected chi connectivity index (χ0v) is 14.9. The van der Waals surface area contributed by atoms with Gasteiger partial charge in [0, 0.05) is 24.3 Å². The van der Waals surface area contributed by atoms with Crippen molar-refractivity contribution < 1.29 is 48.6 Å². The van der Waals surface area contributed by atoms with Gasteiger partial charge in [-0.25, -0.2) is 0 Å². The highest BCUT2D eigenvalue weighted by atomic mass is 79.9. The maximum atomic E-state index is 2.37. The van der Waals surface area contributed by atoms with Gasteiger partial charge in [-0.15, -0.1) is 0 Å². The normalized spacial score (nSPS) is 11.7. The van der Waals surface area contributed by atoms with Crippen LogP contribution >= 0.6 is 0 Å². The number of hydrogen-bond donors (Lipinski definition) is 0. The Bertz CT molecular complexity index is 537. The predicted molar refractivity (Wildman–Crippen MR) is 70.0 cm³/mol. The van der Waals surface area contributed by atoms with Crippen molar-refractivity contribution in [1.82, 2.24) is 0 Å². The molecule has 0 aliphatic carbocycles. The fourth-order valence-corrected chi connectivity index (χ4v) is 2.51. The second-order valence-electron chi connectivity index (χ2n) is 4.92. The lowest BCUT2D eigenvalue weighted by Gasteiger charge is -2.01. The Labute approximate surface area is 141 Å². The third-order valence-electron chi connectivity index (χ3n) is 3.44. The van der Waals surface area contributed by atoms with Crippen LogP contribution in [0.3, 0.4) is 0 Å². The number of fused-ring (bicyclic) bond motifs is 3. The number of aryl methyl sites for hydroxylation is 4. The van der Waals surface area contributed by atoms with Gasteiger partial charge in [0.2, 0.25) is 0 Å². The average Bonchev–Trinajstić information content (AvgIpc) is 2.48. The summed E-state index contributed by atoms with van der Waals surface area (Å²) >= 11 is 0. The zero-order chi connectivity index (χ0) is 11.8. The second kappa shape index (κ2) is 7.86. The highest BCUT2D eigenvalue weighted by molar-refractivity contribution is 5.49. The largest absolute Gasteiger partial charge is 1.00 e. The number of pyridine rings is 2. The Morgan fingerprint density at radius 2 is 1.20 bits per heavy atom. The van der Waals surface area contributed by atoms with E-state index >= 15 is 0 Å². The van der Waals surface area contributed by atoms with E-state index in [-0.39, 0.29) is 39.4 Å². The minimum absolute atomic E-state index is 0. The molecule has 1 aliphatic heterocycles. The van der Waals surface area contributed by atoms with Crippen molar-refractivity contribution in [2.24, 2.45) is 0 Å². The smallest absolute Gasteiger partial charge is 0.277 e. The number of hydrogen-bond acceptors (Lipinski definition) is 0. The number of rotatable bonds is 0. The molecule has 3 heterocycles. The van der Waals surface area contributed by atoms with Crippen molar-refractivity contribution in [2.75, 3.05) is 0 Å². The van der Waals surface area contributed by atoms with Crippen LogP contribution in [0, 0.1) is 13.8 Å². The minimum Gasteiger partial charge on any atom is -1.00 e. The van der Waals surface area contributed by atoms with Crippen LogP contribution in [0.2, 0.25) is 0 Å². The average molecular weight is 404 g/mol.